The fourth-order valence-electron chi connectivity index (χ4n) is 1.75. The van der Waals surface area contributed by atoms with E-state index in [2.05, 4.69) is 10.3 Å². The molecule has 1 N–H and O–H groups in total. The first kappa shape index (κ1) is 14.5. The van der Waals surface area contributed by atoms with Crippen LogP contribution in [0.25, 0.3) is 0 Å². The molecule has 0 saturated carbocycles. The first-order valence-corrected chi connectivity index (χ1v) is 5.92. The molecule has 2 nitrogen and oxygen atoms in total. The van der Waals surface area contributed by atoms with Crippen molar-refractivity contribution < 1.29 is 17.6 Å². The van der Waals surface area contributed by atoms with Gasteiger partial charge in [-0.15, -0.1) is 0 Å². The quantitative estimate of drug-likeness (QED) is 0.869. The molecule has 106 valence electrons. The fourth-order valence-corrected chi connectivity index (χ4v) is 1.75. The zero-order valence-electron chi connectivity index (χ0n) is 10.4. The maximum atomic E-state index is 13.2. The van der Waals surface area contributed by atoms with E-state index in [1.54, 1.807) is 18.3 Å². The second kappa shape index (κ2) is 6.00. The van der Waals surface area contributed by atoms with Crippen LogP contribution in [0.1, 0.15) is 16.8 Å². The first-order valence-electron chi connectivity index (χ1n) is 5.92. The van der Waals surface area contributed by atoms with E-state index in [-0.39, 0.29) is 12.1 Å². The third kappa shape index (κ3) is 4.03. The van der Waals surface area contributed by atoms with Gasteiger partial charge in [0.1, 0.15) is 5.82 Å². The molecule has 0 aliphatic rings. The molecular formula is C14H12F4N2. The number of aromatic nitrogens is 1. The van der Waals surface area contributed by atoms with Crippen molar-refractivity contribution in [1.82, 2.24) is 10.3 Å². The van der Waals surface area contributed by atoms with Crippen molar-refractivity contribution >= 4 is 0 Å². The molecule has 1 heterocycles. The summed E-state index contributed by atoms with van der Waals surface area (Å²) in [6.07, 6.45) is -2.92. The van der Waals surface area contributed by atoms with Crippen molar-refractivity contribution in [3.63, 3.8) is 0 Å². The van der Waals surface area contributed by atoms with E-state index in [9.17, 15) is 17.6 Å². The summed E-state index contributed by atoms with van der Waals surface area (Å²) in [7, 11) is 0. The van der Waals surface area contributed by atoms with Crippen molar-refractivity contribution in [2.45, 2.75) is 19.3 Å². The SMILES string of the molecule is Fc1cc(CNCc2ccccn2)cc(C(F)(F)F)c1. The van der Waals surface area contributed by atoms with Gasteiger partial charge in [-0.3, -0.25) is 4.98 Å². The predicted octanol–water partition coefficient (Wildman–Crippen LogP) is 3.53. The molecule has 2 aromatic rings. The second-order valence-corrected chi connectivity index (χ2v) is 4.27. The van der Waals surface area contributed by atoms with E-state index in [4.69, 9.17) is 0 Å². The molecular weight excluding hydrogens is 272 g/mol. The maximum absolute atomic E-state index is 13.2. The summed E-state index contributed by atoms with van der Waals surface area (Å²) < 4.78 is 50.8. The van der Waals surface area contributed by atoms with Gasteiger partial charge in [0.2, 0.25) is 0 Å². The number of halogens is 4. The van der Waals surface area contributed by atoms with Crippen molar-refractivity contribution in [3.8, 4) is 0 Å². The van der Waals surface area contributed by atoms with Crippen molar-refractivity contribution in [2.24, 2.45) is 0 Å². The van der Waals surface area contributed by atoms with Gasteiger partial charge in [0.15, 0.2) is 0 Å². The lowest BCUT2D eigenvalue weighted by atomic mass is 10.1. The van der Waals surface area contributed by atoms with Crippen LogP contribution in [0.4, 0.5) is 17.6 Å². The average Bonchev–Trinajstić information content (AvgIpc) is 2.38. The van der Waals surface area contributed by atoms with E-state index in [1.165, 1.54) is 0 Å². The number of hydrogen-bond donors (Lipinski definition) is 1. The molecule has 0 atom stereocenters. The molecule has 1 aromatic heterocycles. The molecule has 20 heavy (non-hydrogen) atoms. The van der Waals surface area contributed by atoms with Crippen LogP contribution in [0.5, 0.6) is 0 Å². The average molecular weight is 284 g/mol. The van der Waals surface area contributed by atoms with Gasteiger partial charge < -0.3 is 5.32 Å². The highest BCUT2D eigenvalue weighted by Crippen LogP contribution is 2.30. The van der Waals surface area contributed by atoms with Crippen molar-refractivity contribution in [3.05, 3.63) is 65.2 Å². The zero-order chi connectivity index (χ0) is 14.6. The lowest BCUT2D eigenvalue weighted by Crippen LogP contribution is -2.15. The first-order chi connectivity index (χ1) is 9.45. The molecule has 0 spiro atoms. The van der Waals surface area contributed by atoms with Gasteiger partial charge in [-0.05, 0) is 35.9 Å². The van der Waals surface area contributed by atoms with Gasteiger partial charge in [0.05, 0.1) is 11.3 Å². The van der Waals surface area contributed by atoms with Crippen LogP contribution >= 0.6 is 0 Å². The van der Waals surface area contributed by atoms with Gasteiger partial charge in [0.25, 0.3) is 0 Å². The minimum absolute atomic E-state index is 0.136. The number of pyridine rings is 1. The van der Waals surface area contributed by atoms with Gasteiger partial charge in [-0.1, -0.05) is 6.07 Å². The lowest BCUT2D eigenvalue weighted by molar-refractivity contribution is -0.137. The number of nitrogens with one attached hydrogen (secondary N) is 1. The third-order valence-electron chi connectivity index (χ3n) is 2.65. The van der Waals surface area contributed by atoms with Crippen LogP contribution in [0.2, 0.25) is 0 Å². The highest BCUT2D eigenvalue weighted by Gasteiger charge is 2.31. The summed E-state index contributed by atoms with van der Waals surface area (Å²) in [6, 6.07) is 7.89. The van der Waals surface area contributed by atoms with Gasteiger partial charge in [-0.25, -0.2) is 4.39 Å². The fraction of sp³-hybridized carbons (Fsp3) is 0.214. The Bertz CT molecular complexity index is 567. The maximum Gasteiger partial charge on any atom is 0.416 e. The third-order valence-corrected chi connectivity index (χ3v) is 2.65. The molecule has 2 rings (SSSR count). The summed E-state index contributed by atoms with van der Waals surface area (Å²) in [6.45, 7) is 0.538. The summed E-state index contributed by atoms with van der Waals surface area (Å²) in [5.74, 6) is -0.894. The highest BCUT2D eigenvalue weighted by atomic mass is 19.4. The number of hydrogen-bond acceptors (Lipinski definition) is 2. The summed E-state index contributed by atoms with van der Waals surface area (Å²) in [5, 5.41) is 2.93. The normalized spacial score (nSPS) is 11.6. The highest BCUT2D eigenvalue weighted by molar-refractivity contribution is 5.26. The summed E-state index contributed by atoms with van der Waals surface area (Å²) in [4.78, 5) is 4.07. The van der Waals surface area contributed by atoms with Crippen LogP contribution in [-0.4, -0.2) is 4.98 Å². The number of rotatable bonds is 4. The molecule has 0 aliphatic heterocycles. The minimum Gasteiger partial charge on any atom is -0.307 e. The Hall–Kier alpha value is -1.95. The summed E-state index contributed by atoms with van der Waals surface area (Å²) in [5.41, 5.74) is 0.0281. The van der Waals surface area contributed by atoms with E-state index in [0.29, 0.717) is 12.6 Å². The van der Waals surface area contributed by atoms with Gasteiger partial charge >= 0.3 is 6.18 Å². The molecule has 6 heteroatoms. The lowest BCUT2D eigenvalue weighted by Gasteiger charge is -2.10. The molecule has 1 aromatic carbocycles. The number of nitrogens with zero attached hydrogens (tertiary/aromatic N) is 1. The smallest absolute Gasteiger partial charge is 0.307 e. The topological polar surface area (TPSA) is 24.9 Å². The number of alkyl halides is 3. The Morgan fingerprint density at radius 3 is 2.50 bits per heavy atom. The second-order valence-electron chi connectivity index (χ2n) is 4.27. The Morgan fingerprint density at radius 1 is 1.05 bits per heavy atom. The van der Waals surface area contributed by atoms with Gasteiger partial charge in [-0.2, -0.15) is 13.2 Å². The van der Waals surface area contributed by atoms with Crippen molar-refractivity contribution in [2.75, 3.05) is 0 Å². The van der Waals surface area contributed by atoms with Crippen LogP contribution in [-0.2, 0) is 19.3 Å². The molecule has 0 fully saturated rings. The number of benzene rings is 1. The molecule has 0 saturated heterocycles. The molecule has 0 bridgehead atoms. The van der Waals surface area contributed by atoms with Crippen LogP contribution in [0.15, 0.2) is 42.6 Å². The Labute approximate surface area is 113 Å². The monoisotopic (exact) mass is 284 g/mol. The standard InChI is InChI=1S/C14H12F4N2/c15-12-6-10(5-11(7-12)14(16,17)18)8-19-9-13-3-1-2-4-20-13/h1-7,19H,8-9H2. The van der Waals surface area contributed by atoms with Crippen molar-refractivity contribution in [1.29, 1.82) is 0 Å². The van der Waals surface area contributed by atoms with E-state index < -0.39 is 17.6 Å². The minimum atomic E-state index is -4.54. The van der Waals surface area contributed by atoms with E-state index in [1.807, 2.05) is 6.07 Å². The Morgan fingerprint density at radius 2 is 1.85 bits per heavy atom. The Balaban J connectivity index is 2.01. The van der Waals surface area contributed by atoms with Crippen LogP contribution in [0, 0.1) is 5.82 Å². The molecule has 0 unspecified atom stereocenters. The summed E-state index contributed by atoms with van der Waals surface area (Å²) >= 11 is 0. The Kier molecular flexibility index (Phi) is 4.34. The van der Waals surface area contributed by atoms with Crippen LogP contribution < -0.4 is 5.32 Å². The molecule has 0 aliphatic carbocycles. The largest absolute Gasteiger partial charge is 0.416 e. The zero-order valence-corrected chi connectivity index (χ0v) is 10.4. The van der Waals surface area contributed by atoms with E-state index >= 15 is 0 Å². The van der Waals surface area contributed by atoms with E-state index in [0.717, 1.165) is 17.8 Å². The molecule has 0 radical (unpaired) electrons. The predicted molar refractivity (Wildman–Crippen MR) is 66.2 cm³/mol. The van der Waals surface area contributed by atoms with Gasteiger partial charge in [0, 0.05) is 19.3 Å². The van der Waals surface area contributed by atoms with Crippen LogP contribution in [0.3, 0.4) is 0 Å². The molecule has 0 amide bonds.